The number of ether oxygens (including phenoxy) is 1. The Hall–Kier alpha value is -2.09. The topological polar surface area (TPSA) is 67.4 Å². The van der Waals surface area contributed by atoms with Crippen LogP contribution in [0.15, 0.2) is 18.2 Å². The Morgan fingerprint density at radius 2 is 1.92 bits per heavy atom. The van der Waals surface area contributed by atoms with Crippen LogP contribution in [0.2, 0.25) is 0 Å². The van der Waals surface area contributed by atoms with Crippen molar-refractivity contribution in [3.8, 4) is 0 Å². The molecule has 0 aromatic heterocycles. The van der Waals surface area contributed by atoms with Gasteiger partial charge in [-0.3, -0.25) is 9.59 Å². The van der Waals surface area contributed by atoms with E-state index in [1.807, 2.05) is 13.8 Å². The zero-order valence-electron chi connectivity index (χ0n) is 13.8. The maximum Gasteiger partial charge on any atom is 0.411 e. The monoisotopic (exact) mass is 346 g/mol. The highest BCUT2D eigenvalue weighted by molar-refractivity contribution is 5.97. The molecule has 2 N–H and O–H groups in total. The number of carbonyl (C=O) groups excluding carboxylic acids is 2. The third-order valence-corrected chi connectivity index (χ3v) is 2.91. The Morgan fingerprint density at radius 3 is 2.46 bits per heavy atom. The third kappa shape index (κ3) is 7.45. The standard InChI is InChI=1S/C16H21F3N2O3/c1-10(2)20-15(23)13-5-4-12(8-11(13)3)21-14(22)6-7-24-9-16(17,18)19/h4-5,8,10H,6-7,9H2,1-3H3,(H,20,23)(H,21,22). The quantitative estimate of drug-likeness (QED) is 0.746. The first-order valence-corrected chi connectivity index (χ1v) is 7.44. The zero-order valence-corrected chi connectivity index (χ0v) is 13.8. The second-order valence-electron chi connectivity index (χ2n) is 5.62. The van der Waals surface area contributed by atoms with Gasteiger partial charge in [0.1, 0.15) is 6.61 Å². The molecule has 1 aromatic rings. The molecule has 8 heteroatoms. The lowest BCUT2D eigenvalue weighted by molar-refractivity contribution is -0.174. The molecule has 0 aliphatic carbocycles. The number of anilines is 1. The van der Waals surface area contributed by atoms with Gasteiger partial charge < -0.3 is 15.4 Å². The largest absolute Gasteiger partial charge is 0.411 e. The molecule has 0 unspecified atom stereocenters. The Labute approximate surface area is 138 Å². The van der Waals surface area contributed by atoms with E-state index in [2.05, 4.69) is 15.4 Å². The molecule has 0 fully saturated rings. The van der Waals surface area contributed by atoms with Crippen LogP contribution in [0, 0.1) is 6.92 Å². The fraction of sp³-hybridized carbons (Fsp3) is 0.500. The lowest BCUT2D eigenvalue weighted by Gasteiger charge is -2.12. The van der Waals surface area contributed by atoms with Gasteiger partial charge in [0, 0.05) is 17.3 Å². The van der Waals surface area contributed by atoms with Crippen LogP contribution >= 0.6 is 0 Å². The van der Waals surface area contributed by atoms with Crippen molar-refractivity contribution in [2.45, 2.75) is 39.4 Å². The molecule has 1 rings (SSSR count). The predicted octanol–water partition coefficient (Wildman–Crippen LogP) is 3.04. The van der Waals surface area contributed by atoms with Gasteiger partial charge in [0.25, 0.3) is 5.91 Å². The van der Waals surface area contributed by atoms with E-state index in [0.717, 1.165) is 0 Å². The number of hydrogen-bond acceptors (Lipinski definition) is 3. The zero-order chi connectivity index (χ0) is 18.3. The van der Waals surface area contributed by atoms with Crippen LogP contribution in [0.25, 0.3) is 0 Å². The normalized spacial score (nSPS) is 11.5. The second-order valence-corrected chi connectivity index (χ2v) is 5.62. The van der Waals surface area contributed by atoms with E-state index in [1.54, 1.807) is 25.1 Å². The summed E-state index contributed by atoms with van der Waals surface area (Å²) in [7, 11) is 0. The summed E-state index contributed by atoms with van der Waals surface area (Å²) in [6, 6.07) is 4.79. The first kappa shape index (κ1) is 20.0. The van der Waals surface area contributed by atoms with Crippen molar-refractivity contribution < 1.29 is 27.5 Å². The first-order valence-electron chi connectivity index (χ1n) is 7.44. The van der Waals surface area contributed by atoms with Crippen LogP contribution in [0.3, 0.4) is 0 Å². The number of carbonyl (C=O) groups is 2. The Morgan fingerprint density at radius 1 is 1.25 bits per heavy atom. The van der Waals surface area contributed by atoms with Gasteiger partial charge in [-0.1, -0.05) is 0 Å². The highest BCUT2D eigenvalue weighted by Crippen LogP contribution is 2.16. The summed E-state index contributed by atoms with van der Waals surface area (Å²) in [5.74, 6) is -0.670. The van der Waals surface area contributed by atoms with Crippen LogP contribution < -0.4 is 10.6 Å². The molecule has 0 heterocycles. The highest BCUT2D eigenvalue weighted by atomic mass is 19.4. The van der Waals surface area contributed by atoms with E-state index in [1.165, 1.54) is 0 Å². The minimum absolute atomic E-state index is 0.00739. The number of nitrogens with one attached hydrogen (secondary N) is 2. The predicted molar refractivity (Wildman–Crippen MR) is 83.9 cm³/mol. The van der Waals surface area contributed by atoms with E-state index in [-0.39, 0.29) is 25.0 Å². The number of amides is 2. The van der Waals surface area contributed by atoms with Crippen molar-refractivity contribution in [3.63, 3.8) is 0 Å². The average molecular weight is 346 g/mol. The van der Waals surface area contributed by atoms with Crippen molar-refractivity contribution >= 4 is 17.5 Å². The van der Waals surface area contributed by atoms with Gasteiger partial charge >= 0.3 is 6.18 Å². The maximum absolute atomic E-state index is 12.0. The summed E-state index contributed by atoms with van der Waals surface area (Å²) >= 11 is 0. The second kappa shape index (κ2) is 8.68. The minimum Gasteiger partial charge on any atom is -0.372 e. The van der Waals surface area contributed by atoms with Gasteiger partial charge in [-0.15, -0.1) is 0 Å². The molecule has 0 atom stereocenters. The molecule has 5 nitrogen and oxygen atoms in total. The number of rotatable bonds is 7. The summed E-state index contributed by atoms with van der Waals surface area (Å²) < 4.78 is 40.1. The van der Waals surface area contributed by atoms with E-state index in [4.69, 9.17) is 0 Å². The number of alkyl halides is 3. The van der Waals surface area contributed by atoms with Crippen molar-refractivity contribution in [2.24, 2.45) is 0 Å². The molecular formula is C16H21F3N2O3. The molecule has 0 saturated heterocycles. The van der Waals surface area contributed by atoms with Crippen molar-refractivity contribution in [3.05, 3.63) is 29.3 Å². The molecule has 0 spiro atoms. The van der Waals surface area contributed by atoms with Crippen LogP contribution in [0.5, 0.6) is 0 Å². The highest BCUT2D eigenvalue weighted by Gasteiger charge is 2.27. The first-order chi connectivity index (χ1) is 11.1. The fourth-order valence-corrected chi connectivity index (χ4v) is 1.91. The smallest absolute Gasteiger partial charge is 0.372 e. The molecule has 0 radical (unpaired) electrons. The molecule has 24 heavy (non-hydrogen) atoms. The van der Waals surface area contributed by atoms with Crippen LogP contribution in [0.1, 0.15) is 36.2 Å². The number of benzene rings is 1. The van der Waals surface area contributed by atoms with Gasteiger partial charge in [0.2, 0.25) is 5.91 Å². The number of hydrogen-bond donors (Lipinski definition) is 2. The number of aryl methyl sites for hydroxylation is 1. The van der Waals surface area contributed by atoms with Gasteiger partial charge in [-0.05, 0) is 44.5 Å². The molecule has 0 bridgehead atoms. The lowest BCUT2D eigenvalue weighted by atomic mass is 10.1. The average Bonchev–Trinajstić information content (AvgIpc) is 2.41. The maximum atomic E-state index is 12.0. The van der Waals surface area contributed by atoms with E-state index in [9.17, 15) is 22.8 Å². The summed E-state index contributed by atoms with van der Waals surface area (Å²) in [4.78, 5) is 23.6. The van der Waals surface area contributed by atoms with Crippen molar-refractivity contribution in [1.82, 2.24) is 5.32 Å². The lowest BCUT2D eigenvalue weighted by Crippen LogP contribution is -2.30. The van der Waals surface area contributed by atoms with Gasteiger partial charge in [-0.25, -0.2) is 0 Å². The van der Waals surface area contributed by atoms with Gasteiger partial charge in [-0.2, -0.15) is 13.2 Å². The molecule has 2 amide bonds. The molecular weight excluding hydrogens is 325 g/mol. The van der Waals surface area contributed by atoms with E-state index < -0.39 is 18.7 Å². The van der Waals surface area contributed by atoms with Crippen LogP contribution in [-0.4, -0.2) is 37.2 Å². The Kier molecular flexibility index (Phi) is 7.21. The Bertz CT molecular complexity index is 586. The molecule has 0 aliphatic heterocycles. The van der Waals surface area contributed by atoms with Crippen molar-refractivity contribution in [1.29, 1.82) is 0 Å². The summed E-state index contributed by atoms with van der Waals surface area (Å²) in [6.45, 7) is 3.74. The summed E-state index contributed by atoms with van der Waals surface area (Å²) in [6.07, 6.45) is -4.59. The van der Waals surface area contributed by atoms with Gasteiger partial charge in [0.15, 0.2) is 0 Å². The fourth-order valence-electron chi connectivity index (χ4n) is 1.91. The molecule has 134 valence electrons. The summed E-state index contributed by atoms with van der Waals surface area (Å²) in [5, 5.41) is 5.33. The summed E-state index contributed by atoms with van der Waals surface area (Å²) in [5.41, 5.74) is 1.64. The molecule has 0 saturated carbocycles. The SMILES string of the molecule is Cc1cc(NC(=O)CCOCC(F)(F)F)ccc1C(=O)NC(C)C. The van der Waals surface area contributed by atoms with Crippen LogP contribution in [0.4, 0.5) is 18.9 Å². The van der Waals surface area contributed by atoms with Gasteiger partial charge in [0.05, 0.1) is 13.0 Å². The van der Waals surface area contributed by atoms with E-state index in [0.29, 0.717) is 16.8 Å². The third-order valence-electron chi connectivity index (χ3n) is 2.91. The molecule has 1 aromatic carbocycles. The van der Waals surface area contributed by atoms with Crippen molar-refractivity contribution in [2.75, 3.05) is 18.5 Å². The van der Waals surface area contributed by atoms with Crippen LogP contribution in [-0.2, 0) is 9.53 Å². The van der Waals surface area contributed by atoms with E-state index >= 15 is 0 Å². The molecule has 0 aliphatic rings. The Balaban J connectivity index is 2.52. The number of halogens is 3. The minimum atomic E-state index is -4.40.